The number of carbonyl (C=O) groups excluding carboxylic acids is 2. The molecule has 0 unspecified atom stereocenters. The molecule has 2 amide bonds. The van der Waals surface area contributed by atoms with Crippen LogP contribution in [-0.4, -0.2) is 61.4 Å². The van der Waals surface area contributed by atoms with E-state index in [1.807, 2.05) is 32.9 Å². The van der Waals surface area contributed by atoms with Gasteiger partial charge in [-0.1, -0.05) is 26.0 Å². The molecule has 1 atom stereocenters. The van der Waals surface area contributed by atoms with Crippen molar-refractivity contribution in [2.45, 2.75) is 52.7 Å². The summed E-state index contributed by atoms with van der Waals surface area (Å²) in [4.78, 5) is 26.6. The van der Waals surface area contributed by atoms with Crippen LogP contribution in [-0.2, 0) is 20.7 Å². The molecule has 162 valence electrons. The normalized spacial score (nSPS) is 16.3. The Morgan fingerprint density at radius 2 is 1.76 bits per heavy atom. The molecule has 29 heavy (non-hydrogen) atoms. The lowest BCUT2D eigenvalue weighted by Crippen LogP contribution is -2.51. The fourth-order valence-electron chi connectivity index (χ4n) is 3.29. The number of hydrogen-bond donors (Lipinski definition) is 2. The highest BCUT2D eigenvalue weighted by molar-refractivity contribution is 5.85. The maximum Gasteiger partial charge on any atom is 0.412 e. The summed E-state index contributed by atoms with van der Waals surface area (Å²) in [5, 5.41) is 5.76. The fraction of sp³-hybridized carbons (Fsp3) is 0.636. The second-order valence-electron chi connectivity index (χ2n) is 8.76. The van der Waals surface area contributed by atoms with Crippen LogP contribution in [0.3, 0.4) is 0 Å². The van der Waals surface area contributed by atoms with Crippen molar-refractivity contribution in [3.05, 3.63) is 29.8 Å². The maximum absolute atomic E-state index is 12.4. The van der Waals surface area contributed by atoms with Crippen molar-refractivity contribution < 1.29 is 19.1 Å². The summed E-state index contributed by atoms with van der Waals surface area (Å²) in [7, 11) is 0. The van der Waals surface area contributed by atoms with Crippen molar-refractivity contribution in [2.75, 3.05) is 38.2 Å². The number of ether oxygens (including phenoxy) is 2. The molecular weight excluding hydrogens is 370 g/mol. The summed E-state index contributed by atoms with van der Waals surface area (Å²) in [6, 6.07) is 7.54. The van der Waals surface area contributed by atoms with Gasteiger partial charge < -0.3 is 14.8 Å². The van der Waals surface area contributed by atoms with Gasteiger partial charge in [-0.2, -0.15) is 0 Å². The van der Waals surface area contributed by atoms with Crippen molar-refractivity contribution in [3.63, 3.8) is 0 Å². The highest BCUT2D eigenvalue weighted by atomic mass is 16.6. The molecule has 1 heterocycles. The van der Waals surface area contributed by atoms with Gasteiger partial charge in [0.1, 0.15) is 5.60 Å². The average Bonchev–Trinajstić information content (AvgIpc) is 2.62. The third kappa shape index (κ3) is 8.41. The van der Waals surface area contributed by atoms with Gasteiger partial charge in [0, 0.05) is 31.4 Å². The predicted molar refractivity (Wildman–Crippen MR) is 114 cm³/mol. The van der Waals surface area contributed by atoms with Gasteiger partial charge in [-0.15, -0.1) is 0 Å². The van der Waals surface area contributed by atoms with Gasteiger partial charge in [0.05, 0.1) is 19.6 Å². The van der Waals surface area contributed by atoms with Gasteiger partial charge in [0.25, 0.3) is 0 Å². The van der Waals surface area contributed by atoms with E-state index in [2.05, 4.69) is 29.4 Å². The first kappa shape index (κ1) is 23.2. The Balaban J connectivity index is 1.81. The number of carbonyl (C=O) groups is 2. The average molecular weight is 406 g/mol. The smallest absolute Gasteiger partial charge is 0.412 e. The zero-order valence-corrected chi connectivity index (χ0v) is 18.3. The Morgan fingerprint density at radius 3 is 2.31 bits per heavy atom. The summed E-state index contributed by atoms with van der Waals surface area (Å²) in [6.45, 7) is 13.8. The van der Waals surface area contributed by atoms with Crippen molar-refractivity contribution in [3.8, 4) is 0 Å². The molecule has 1 aliphatic rings. The second kappa shape index (κ2) is 10.6. The van der Waals surface area contributed by atoms with Crippen LogP contribution in [0.2, 0.25) is 0 Å². The van der Waals surface area contributed by atoms with Crippen molar-refractivity contribution in [1.82, 2.24) is 10.2 Å². The molecule has 1 fully saturated rings. The van der Waals surface area contributed by atoms with E-state index >= 15 is 0 Å². The minimum absolute atomic E-state index is 0.00300. The predicted octanol–water partition coefficient (Wildman–Crippen LogP) is 3.05. The van der Waals surface area contributed by atoms with E-state index in [1.165, 1.54) is 0 Å². The number of morpholine rings is 1. The van der Waals surface area contributed by atoms with E-state index in [0.29, 0.717) is 30.6 Å². The lowest BCUT2D eigenvalue weighted by molar-refractivity contribution is -0.120. The molecule has 7 heteroatoms. The first-order chi connectivity index (χ1) is 13.6. The fourth-order valence-corrected chi connectivity index (χ4v) is 3.29. The quantitative estimate of drug-likeness (QED) is 0.729. The lowest BCUT2D eigenvalue weighted by Gasteiger charge is -2.36. The molecule has 0 aromatic heterocycles. The van der Waals surface area contributed by atoms with Crippen LogP contribution in [0.4, 0.5) is 10.5 Å². The molecule has 0 bridgehead atoms. The summed E-state index contributed by atoms with van der Waals surface area (Å²) < 4.78 is 10.7. The molecule has 0 aliphatic carbocycles. The first-order valence-corrected chi connectivity index (χ1v) is 10.3. The van der Waals surface area contributed by atoms with Crippen molar-refractivity contribution in [1.29, 1.82) is 0 Å². The molecule has 1 aromatic carbocycles. The van der Waals surface area contributed by atoms with E-state index in [-0.39, 0.29) is 5.91 Å². The number of hydrogen-bond acceptors (Lipinski definition) is 5. The molecular formula is C22H35N3O4. The molecule has 7 nitrogen and oxygen atoms in total. The Labute approximate surface area is 174 Å². The molecule has 0 radical (unpaired) electrons. The standard InChI is InChI=1S/C22H35N3O4/c1-16(2)19(25-10-12-28-13-11-25)15-23-20(26)14-17-6-8-18(9-7-17)24-21(27)29-22(3,4)5/h6-9,16,19H,10-15H2,1-5H3,(H,23,26)(H,24,27)/t19-/m1/s1. The molecule has 1 aliphatic heterocycles. The topological polar surface area (TPSA) is 79.9 Å². The largest absolute Gasteiger partial charge is 0.444 e. The van der Waals surface area contributed by atoms with Gasteiger partial charge >= 0.3 is 6.09 Å². The SMILES string of the molecule is CC(C)[C@@H](CNC(=O)Cc1ccc(NC(=O)OC(C)(C)C)cc1)N1CCOCC1. The zero-order valence-electron chi connectivity index (χ0n) is 18.3. The minimum atomic E-state index is -0.544. The van der Waals surface area contributed by atoms with Crippen molar-refractivity contribution >= 4 is 17.7 Å². The molecule has 2 rings (SSSR count). The van der Waals surface area contributed by atoms with Crippen LogP contribution in [0.5, 0.6) is 0 Å². The van der Waals surface area contributed by atoms with Crippen molar-refractivity contribution in [2.24, 2.45) is 5.92 Å². The third-order valence-electron chi connectivity index (χ3n) is 4.76. The van der Waals surface area contributed by atoms with Gasteiger partial charge in [-0.25, -0.2) is 4.79 Å². The number of benzene rings is 1. The van der Waals surface area contributed by atoms with Crippen LogP contribution in [0.25, 0.3) is 0 Å². The highest BCUT2D eigenvalue weighted by Crippen LogP contribution is 2.14. The summed E-state index contributed by atoms with van der Waals surface area (Å²) in [5.74, 6) is 0.448. The van der Waals surface area contributed by atoms with Crippen LogP contribution in [0, 0.1) is 5.92 Å². The van der Waals surface area contributed by atoms with E-state index in [1.54, 1.807) is 12.1 Å². The number of nitrogens with zero attached hydrogens (tertiary/aromatic N) is 1. The maximum atomic E-state index is 12.4. The molecule has 1 saturated heterocycles. The van der Waals surface area contributed by atoms with E-state index in [4.69, 9.17) is 9.47 Å². The lowest BCUT2D eigenvalue weighted by atomic mass is 10.0. The minimum Gasteiger partial charge on any atom is -0.444 e. The summed E-state index contributed by atoms with van der Waals surface area (Å²) >= 11 is 0. The van der Waals surface area contributed by atoms with E-state index in [0.717, 1.165) is 31.9 Å². The second-order valence-corrected chi connectivity index (χ2v) is 8.76. The number of rotatable bonds is 7. The van der Waals surface area contributed by atoms with Gasteiger partial charge in [0.15, 0.2) is 0 Å². The third-order valence-corrected chi connectivity index (χ3v) is 4.76. The highest BCUT2D eigenvalue weighted by Gasteiger charge is 2.24. The van der Waals surface area contributed by atoms with Gasteiger partial charge in [0.2, 0.25) is 5.91 Å². The Morgan fingerprint density at radius 1 is 1.14 bits per heavy atom. The summed E-state index contributed by atoms with van der Waals surface area (Å²) in [5.41, 5.74) is 0.984. The monoisotopic (exact) mass is 405 g/mol. The van der Waals surface area contributed by atoms with Crippen LogP contribution >= 0.6 is 0 Å². The zero-order chi connectivity index (χ0) is 21.4. The summed E-state index contributed by atoms with van der Waals surface area (Å²) in [6.07, 6.45) is -0.188. The van der Waals surface area contributed by atoms with Crippen LogP contribution in [0.1, 0.15) is 40.2 Å². The molecule has 0 spiro atoms. The Hall–Kier alpha value is -2.12. The number of anilines is 1. The van der Waals surface area contributed by atoms with E-state index < -0.39 is 11.7 Å². The molecule has 2 N–H and O–H groups in total. The Kier molecular flexibility index (Phi) is 8.46. The van der Waals surface area contributed by atoms with E-state index in [9.17, 15) is 9.59 Å². The molecule has 0 saturated carbocycles. The first-order valence-electron chi connectivity index (χ1n) is 10.3. The number of amides is 2. The van der Waals surface area contributed by atoms with Gasteiger partial charge in [-0.05, 0) is 44.4 Å². The number of nitrogens with one attached hydrogen (secondary N) is 2. The molecule has 1 aromatic rings. The Bertz CT molecular complexity index is 662. The van der Waals surface area contributed by atoms with Crippen LogP contribution < -0.4 is 10.6 Å². The van der Waals surface area contributed by atoms with Crippen LogP contribution in [0.15, 0.2) is 24.3 Å². The van der Waals surface area contributed by atoms with Gasteiger partial charge in [-0.3, -0.25) is 15.0 Å².